The van der Waals surface area contributed by atoms with Gasteiger partial charge in [0.05, 0.1) is 0 Å². The van der Waals surface area contributed by atoms with E-state index in [2.05, 4.69) is 0 Å². The number of halogens is 2. The molecule has 0 aliphatic rings. The number of ketones is 1. The Morgan fingerprint density at radius 3 is 2.36 bits per heavy atom. The molecule has 0 saturated heterocycles. The highest BCUT2D eigenvalue weighted by Crippen LogP contribution is 2.02. The third kappa shape index (κ3) is 3.31. The lowest BCUT2D eigenvalue weighted by Crippen LogP contribution is -1.92. The van der Waals surface area contributed by atoms with Crippen molar-refractivity contribution in [2.45, 2.75) is 0 Å². The third-order valence-corrected chi connectivity index (χ3v) is 1.53. The van der Waals surface area contributed by atoms with Crippen molar-refractivity contribution in [3.8, 4) is 0 Å². The fourth-order valence-corrected chi connectivity index (χ4v) is 0.907. The highest BCUT2D eigenvalue weighted by molar-refractivity contribution is 6.04. The lowest BCUT2D eigenvalue weighted by molar-refractivity contribution is 0.104. The van der Waals surface area contributed by atoms with Gasteiger partial charge in [-0.2, -0.15) is 8.78 Å². The number of carbonyl (C=O) groups is 1. The molecule has 0 unspecified atom stereocenters. The predicted octanol–water partition coefficient (Wildman–Crippen LogP) is 3.21. The van der Waals surface area contributed by atoms with Crippen molar-refractivity contribution in [1.82, 2.24) is 0 Å². The van der Waals surface area contributed by atoms with Crippen LogP contribution in [0.1, 0.15) is 10.4 Å². The third-order valence-electron chi connectivity index (χ3n) is 1.53. The molecule has 0 aliphatic heterocycles. The van der Waals surface area contributed by atoms with E-state index in [-0.39, 0.29) is 5.78 Å². The molecule has 1 aromatic carbocycles. The molecule has 1 nitrogen and oxygen atoms in total. The molecule has 72 valence electrons. The lowest BCUT2D eigenvalue weighted by atomic mass is 10.1. The Morgan fingerprint density at radius 2 is 1.79 bits per heavy atom. The summed E-state index contributed by atoms with van der Waals surface area (Å²) in [5.74, 6) is -0.289. The number of rotatable bonds is 3. The molecule has 14 heavy (non-hydrogen) atoms. The van der Waals surface area contributed by atoms with E-state index in [1.165, 1.54) is 0 Å². The van der Waals surface area contributed by atoms with Crippen LogP contribution in [0.3, 0.4) is 0 Å². The molecule has 1 aromatic rings. The summed E-state index contributed by atoms with van der Waals surface area (Å²) in [6.07, 6.45) is 0.905. The van der Waals surface area contributed by atoms with Gasteiger partial charge < -0.3 is 0 Å². The van der Waals surface area contributed by atoms with E-state index < -0.39 is 6.08 Å². The van der Waals surface area contributed by atoms with Crippen LogP contribution in [0.2, 0.25) is 0 Å². The second kappa shape index (κ2) is 5.07. The first-order valence-electron chi connectivity index (χ1n) is 3.99. The second-order valence-corrected chi connectivity index (χ2v) is 2.55. The molecule has 3 heteroatoms. The SMILES string of the molecule is O=C(/C=C/C=C(F)F)c1ccccc1. The Bertz CT molecular complexity index is 362. The molecule has 0 atom stereocenters. The average Bonchev–Trinajstić information content (AvgIpc) is 2.18. The highest BCUT2D eigenvalue weighted by atomic mass is 19.3. The summed E-state index contributed by atoms with van der Waals surface area (Å²) in [5, 5.41) is 0. The standard InChI is InChI=1S/C11H8F2O/c12-11(13)8-4-7-10(14)9-5-2-1-3-6-9/h1-8H/b7-4+. The maximum Gasteiger partial charge on any atom is 0.270 e. The summed E-state index contributed by atoms with van der Waals surface area (Å²) in [5.41, 5.74) is 0.483. The summed E-state index contributed by atoms with van der Waals surface area (Å²) >= 11 is 0. The van der Waals surface area contributed by atoms with Gasteiger partial charge in [0.25, 0.3) is 6.08 Å². The first kappa shape index (κ1) is 10.3. The molecule has 0 amide bonds. The molecule has 0 aromatic heterocycles. The highest BCUT2D eigenvalue weighted by Gasteiger charge is 1.97. The fourth-order valence-electron chi connectivity index (χ4n) is 0.907. The summed E-state index contributed by atoms with van der Waals surface area (Å²) < 4.78 is 23.2. The van der Waals surface area contributed by atoms with Gasteiger partial charge in [0.1, 0.15) is 0 Å². The molecule has 0 aliphatic carbocycles. The second-order valence-electron chi connectivity index (χ2n) is 2.55. The maximum atomic E-state index is 11.6. The molecular formula is C11H8F2O. The smallest absolute Gasteiger partial charge is 0.270 e. The molecule has 0 fully saturated rings. The van der Waals surface area contributed by atoms with Crippen LogP contribution in [-0.4, -0.2) is 5.78 Å². The van der Waals surface area contributed by atoms with Gasteiger partial charge in [-0.1, -0.05) is 36.4 Å². The summed E-state index contributed by atoms with van der Waals surface area (Å²) in [6.45, 7) is 0. The maximum absolute atomic E-state index is 11.6. The first-order valence-corrected chi connectivity index (χ1v) is 3.99. The van der Waals surface area contributed by atoms with E-state index in [4.69, 9.17) is 0 Å². The van der Waals surface area contributed by atoms with Crippen LogP contribution in [0.4, 0.5) is 8.78 Å². The van der Waals surface area contributed by atoms with Gasteiger partial charge in [-0.3, -0.25) is 4.79 Å². The van der Waals surface area contributed by atoms with E-state index in [9.17, 15) is 13.6 Å². The Kier molecular flexibility index (Phi) is 3.73. The van der Waals surface area contributed by atoms with E-state index >= 15 is 0 Å². The van der Waals surface area contributed by atoms with Crippen molar-refractivity contribution in [2.75, 3.05) is 0 Å². The van der Waals surface area contributed by atoms with Crippen molar-refractivity contribution in [1.29, 1.82) is 0 Å². The first-order chi connectivity index (χ1) is 6.70. The van der Waals surface area contributed by atoms with E-state index in [1.807, 2.05) is 0 Å². The molecule has 0 radical (unpaired) electrons. The molecule has 1 rings (SSSR count). The van der Waals surface area contributed by atoms with Gasteiger partial charge in [0, 0.05) is 11.6 Å². The largest absolute Gasteiger partial charge is 0.289 e. The lowest BCUT2D eigenvalue weighted by Gasteiger charge is -1.92. The minimum Gasteiger partial charge on any atom is -0.289 e. The number of allylic oxidation sites excluding steroid dienone is 3. The van der Waals surface area contributed by atoms with E-state index in [0.717, 1.165) is 12.2 Å². The van der Waals surface area contributed by atoms with E-state index in [0.29, 0.717) is 11.6 Å². The number of hydrogen-bond donors (Lipinski definition) is 0. The van der Waals surface area contributed by atoms with Crippen molar-refractivity contribution >= 4 is 5.78 Å². The minimum absolute atomic E-state index is 0.289. The number of hydrogen-bond acceptors (Lipinski definition) is 1. The van der Waals surface area contributed by atoms with Crippen LogP contribution in [-0.2, 0) is 0 Å². The van der Waals surface area contributed by atoms with Gasteiger partial charge in [0.15, 0.2) is 5.78 Å². The van der Waals surface area contributed by atoms with Gasteiger partial charge in [-0.25, -0.2) is 0 Å². The van der Waals surface area contributed by atoms with Crippen LogP contribution in [0, 0.1) is 0 Å². The molecule has 0 saturated carbocycles. The average molecular weight is 194 g/mol. The normalized spacial score (nSPS) is 10.1. The Labute approximate surface area is 80.4 Å². The van der Waals surface area contributed by atoms with Crippen molar-refractivity contribution in [3.63, 3.8) is 0 Å². The zero-order valence-electron chi connectivity index (χ0n) is 7.28. The Hall–Kier alpha value is -1.77. The topological polar surface area (TPSA) is 17.1 Å². The molecule has 0 N–H and O–H groups in total. The van der Waals surface area contributed by atoms with E-state index in [1.54, 1.807) is 30.3 Å². The minimum atomic E-state index is -1.82. The fraction of sp³-hybridized carbons (Fsp3) is 0. The van der Waals surface area contributed by atoms with Gasteiger partial charge in [-0.05, 0) is 6.08 Å². The predicted molar refractivity (Wildman–Crippen MR) is 50.2 cm³/mol. The number of carbonyl (C=O) groups excluding carboxylic acids is 1. The summed E-state index contributed by atoms with van der Waals surface area (Å²) in [7, 11) is 0. The van der Waals surface area contributed by atoms with Gasteiger partial charge in [-0.15, -0.1) is 0 Å². The Morgan fingerprint density at radius 1 is 1.14 bits per heavy atom. The van der Waals surface area contributed by atoms with Crippen molar-refractivity contribution in [3.05, 3.63) is 60.2 Å². The van der Waals surface area contributed by atoms with Crippen molar-refractivity contribution in [2.24, 2.45) is 0 Å². The van der Waals surface area contributed by atoms with Crippen LogP contribution < -0.4 is 0 Å². The number of benzene rings is 1. The molecule has 0 spiro atoms. The van der Waals surface area contributed by atoms with Crippen LogP contribution in [0.25, 0.3) is 0 Å². The molecule has 0 bridgehead atoms. The summed E-state index contributed by atoms with van der Waals surface area (Å²) in [4.78, 5) is 11.3. The molecular weight excluding hydrogens is 186 g/mol. The van der Waals surface area contributed by atoms with Crippen LogP contribution in [0.15, 0.2) is 54.6 Å². The molecule has 0 heterocycles. The summed E-state index contributed by atoms with van der Waals surface area (Å²) in [6, 6.07) is 8.46. The monoisotopic (exact) mass is 194 g/mol. The van der Waals surface area contributed by atoms with Crippen LogP contribution >= 0.6 is 0 Å². The zero-order valence-corrected chi connectivity index (χ0v) is 7.28. The Balaban J connectivity index is 2.69. The zero-order chi connectivity index (χ0) is 10.4. The van der Waals surface area contributed by atoms with Crippen molar-refractivity contribution < 1.29 is 13.6 Å². The van der Waals surface area contributed by atoms with Crippen LogP contribution in [0.5, 0.6) is 0 Å². The van der Waals surface area contributed by atoms with Gasteiger partial charge >= 0.3 is 0 Å². The quantitative estimate of drug-likeness (QED) is 0.410. The van der Waals surface area contributed by atoms with Gasteiger partial charge in [0.2, 0.25) is 0 Å².